The molecule has 3 nitrogen and oxygen atoms in total. The van der Waals surface area contributed by atoms with E-state index in [1.165, 1.54) is 35.1 Å². The lowest BCUT2D eigenvalue weighted by atomic mass is 9.90. The van der Waals surface area contributed by atoms with Gasteiger partial charge in [0, 0.05) is 18.8 Å². The molecular weight excluding hydrogens is 284 g/mol. The van der Waals surface area contributed by atoms with E-state index in [1.807, 2.05) is 17.0 Å². The van der Waals surface area contributed by atoms with Crippen LogP contribution in [-0.4, -0.2) is 17.5 Å². The minimum absolute atomic E-state index is 0.0264. The van der Waals surface area contributed by atoms with E-state index in [-0.39, 0.29) is 6.03 Å². The zero-order valence-electron chi connectivity index (χ0n) is 13.3. The van der Waals surface area contributed by atoms with Crippen LogP contribution in [0.25, 0.3) is 0 Å². The van der Waals surface area contributed by atoms with Gasteiger partial charge in [0.2, 0.25) is 0 Å². The van der Waals surface area contributed by atoms with Crippen LogP contribution in [0.2, 0.25) is 0 Å². The van der Waals surface area contributed by atoms with Gasteiger partial charge in [-0.2, -0.15) is 0 Å². The van der Waals surface area contributed by atoms with Crippen molar-refractivity contribution in [2.45, 2.75) is 38.6 Å². The molecule has 0 spiro atoms. The first-order valence-electron chi connectivity index (χ1n) is 8.55. The Kier molecular flexibility index (Phi) is 3.78. The maximum Gasteiger partial charge on any atom is 0.322 e. The highest BCUT2D eigenvalue weighted by Gasteiger charge is 2.21. The number of carbonyl (C=O) groups is 1. The molecular formula is C20H22N2O. The SMILES string of the molecule is O=C(Nc1cccc2c1CCCC2)N1CCc2ccccc2C1. The number of anilines is 1. The monoisotopic (exact) mass is 306 g/mol. The Morgan fingerprint density at radius 1 is 0.870 bits per heavy atom. The third-order valence-corrected chi connectivity index (χ3v) is 5.06. The van der Waals surface area contributed by atoms with E-state index in [0.29, 0.717) is 6.54 Å². The van der Waals surface area contributed by atoms with Crippen molar-refractivity contribution in [3.05, 3.63) is 64.7 Å². The fourth-order valence-corrected chi connectivity index (χ4v) is 3.76. The van der Waals surface area contributed by atoms with E-state index in [1.54, 1.807) is 0 Å². The summed E-state index contributed by atoms with van der Waals surface area (Å²) in [6.07, 6.45) is 5.63. The minimum atomic E-state index is 0.0264. The number of amides is 2. The molecule has 0 aromatic heterocycles. The molecule has 0 saturated carbocycles. The molecule has 118 valence electrons. The predicted molar refractivity (Wildman–Crippen MR) is 92.7 cm³/mol. The summed E-state index contributed by atoms with van der Waals surface area (Å²) in [6.45, 7) is 1.49. The van der Waals surface area contributed by atoms with E-state index in [9.17, 15) is 4.79 Å². The first-order chi connectivity index (χ1) is 11.3. The molecule has 2 aromatic carbocycles. The number of nitrogens with one attached hydrogen (secondary N) is 1. The smallest absolute Gasteiger partial charge is 0.320 e. The van der Waals surface area contributed by atoms with E-state index in [4.69, 9.17) is 0 Å². The van der Waals surface area contributed by atoms with Gasteiger partial charge in [-0.05, 0) is 60.4 Å². The third kappa shape index (κ3) is 2.83. The van der Waals surface area contributed by atoms with Gasteiger partial charge in [0.25, 0.3) is 0 Å². The Morgan fingerprint density at radius 3 is 2.57 bits per heavy atom. The number of rotatable bonds is 1. The van der Waals surface area contributed by atoms with Crippen LogP contribution in [0.1, 0.15) is 35.1 Å². The molecule has 0 fully saturated rings. The number of hydrogen-bond acceptors (Lipinski definition) is 1. The molecule has 0 atom stereocenters. The second kappa shape index (κ2) is 6.07. The normalized spacial score (nSPS) is 16.4. The highest BCUT2D eigenvalue weighted by atomic mass is 16.2. The van der Waals surface area contributed by atoms with E-state index >= 15 is 0 Å². The number of hydrogen-bond donors (Lipinski definition) is 1. The van der Waals surface area contributed by atoms with E-state index in [0.717, 1.165) is 31.5 Å². The highest BCUT2D eigenvalue weighted by Crippen LogP contribution is 2.28. The summed E-state index contributed by atoms with van der Waals surface area (Å²) in [6, 6.07) is 14.7. The summed E-state index contributed by atoms with van der Waals surface area (Å²) < 4.78 is 0. The van der Waals surface area contributed by atoms with Crippen LogP contribution in [0.5, 0.6) is 0 Å². The molecule has 2 aromatic rings. The largest absolute Gasteiger partial charge is 0.322 e. The van der Waals surface area contributed by atoms with Gasteiger partial charge in [0.15, 0.2) is 0 Å². The first kappa shape index (κ1) is 14.3. The Balaban J connectivity index is 1.51. The molecule has 0 radical (unpaired) electrons. The molecule has 2 amide bonds. The lowest BCUT2D eigenvalue weighted by Crippen LogP contribution is -2.39. The number of aryl methyl sites for hydroxylation is 1. The van der Waals surface area contributed by atoms with Crippen molar-refractivity contribution >= 4 is 11.7 Å². The number of carbonyl (C=O) groups excluding carboxylic acids is 1. The maximum absolute atomic E-state index is 12.7. The van der Waals surface area contributed by atoms with Crippen LogP contribution in [0.15, 0.2) is 42.5 Å². The van der Waals surface area contributed by atoms with Crippen LogP contribution >= 0.6 is 0 Å². The molecule has 0 unspecified atom stereocenters. The summed E-state index contributed by atoms with van der Waals surface area (Å²) in [5.41, 5.74) is 6.38. The lowest BCUT2D eigenvalue weighted by molar-refractivity contribution is 0.206. The Labute approximate surface area is 137 Å². The fourth-order valence-electron chi connectivity index (χ4n) is 3.76. The second-order valence-corrected chi connectivity index (χ2v) is 6.52. The summed E-state index contributed by atoms with van der Waals surface area (Å²) in [5.74, 6) is 0. The standard InChI is InChI=1S/C20H22N2O/c23-20(22-13-12-15-6-1-2-8-17(15)14-22)21-19-11-5-9-16-7-3-4-10-18(16)19/h1-2,5-6,8-9,11H,3-4,7,10,12-14H2,(H,21,23). The molecule has 2 aliphatic rings. The zero-order chi connectivity index (χ0) is 15.6. The average molecular weight is 306 g/mol. The first-order valence-corrected chi connectivity index (χ1v) is 8.55. The molecule has 4 rings (SSSR count). The molecule has 23 heavy (non-hydrogen) atoms. The summed E-state index contributed by atoms with van der Waals surface area (Å²) >= 11 is 0. The van der Waals surface area contributed by atoms with Gasteiger partial charge < -0.3 is 10.2 Å². The van der Waals surface area contributed by atoms with Crippen LogP contribution in [0, 0.1) is 0 Å². The van der Waals surface area contributed by atoms with Gasteiger partial charge in [-0.25, -0.2) is 4.79 Å². The maximum atomic E-state index is 12.7. The van der Waals surface area contributed by atoms with E-state index in [2.05, 4.69) is 35.6 Å². The van der Waals surface area contributed by atoms with Gasteiger partial charge in [0.05, 0.1) is 0 Å². The van der Waals surface area contributed by atoms with E-state index < -0.39 is 0 Å². The van der Waals surface area contributed by atoms with Crippen molar-refractivity contribution in [3.8, 4) is 0 Å². The Morgan fingerprint density at radius 2 is 1.65 bits per heavy atom. The number of fused-ring (bicyclic) bond motifs is 2. The van der Waals surface area contributed by atoms with Gasteiger partial charge in [-0.1, -0.05) is 36.4 Å². The van der Waals surface area contributed by atoms with Crippen molar-refractivity contribution in [3.63, 3.8) is 0 Å². The van der Waals surface area contributed by atoms with Crippen LogP contribution in [0.4, 0.5) is 10.5 Å². The predicted octanol–water partition coefficient (Wildman–Crippen LogP) is 4.16. The van der Waals surface area contributed by atoms with Gasteiger partial charge >= 0.3 is 6.03 Å². The van der Waals surface area contributed by atoms with Crippen molar-refractivity contribution in [2.24, 2.45) is 0 Å². The molecule has 1 aliphatic carbocycles. The van der Waals surface area contributed by atoms with Gasteiger partial charge in [-0.3, -0.25) is 0 Å². The number of benzene rings is 2. The molecule has 0 bridgehead atoms. The van der Waals surface area contributed by atoms with Crippen LogP contribution in [-0.2, 0) is 25.8 Å². The summed E-state index contributed by atoms with van der Waals surface area (Å²) in [7, 11) is 0. The molecule has 1 N–H and O–H groups in total. The van der Waals surface area contributed by atoms with Crippen molar-refractivity contribution in [1.29, 1.82) is 0 Å². The zero-order valence-corrected chi connectivity index (χ0v) is 13.3. The third-order valence-electron chi connectivity index (χ3n) is 5.06. The summed E-state index contributed by atoms with van der Waals surface area (Å²) in [5, 5.41) is 3.16. The average Bonchev–Trinajstić information content (AvgIpc) is 2.61. The van der Waals surface area contributed by atoms with Crippen molar-refractivity contribution < 1.29 is 4.79 Å². The topological polar surface area (TPSA) is 32.3 Å². The molecule has 0 saturated heterocycles. The number of urea groups is 1. The Bertz CT molecular complexity index is 738. The van der Waals surface area contributed by atoms with Gasteiger partial charge in [-0.15, -0.1) is 0 Å². The number of nitrogens with zero attached hydrogens (tertiary/aromatic N) is 1. The lowest BCUT2D eigenvalue weighted by Gasteiger charge is -2.29. The Hall–Kier alpha value is -2.29. The second-order valence-electron chi connectivity index (χ2n) is 6.52. The summed E-state index contributed by atoms with van der Waals surface area (Å²) in [4.78, 5) is 14.6. The molecule has 1 heterocycles. The van der Waals surface area contributed by atoms with Crippen molar-refractivity contribution in [2.75, 3.05) is 11.9 Å². The molecule has 3 heteroatoms. The fraction of sp³-hybridized carbons (Fsp3) is 0.350. The quantitative estimate of drug-likeness (QED) is 0.843. The minimum Gasteiger partial charge on any atom is -0.320 e. The van der Waals surface area contributed by atoms with Crippen LogP contribution < -0.4 is 5.32 Å². The van der Waals surface area contributed by atoms with Crippen molar-refractivity contribution in [1.82, 2.24) is 4.90 Å². The van der Waals surface area contributed by atoms with Crippen LogP contribution in [0.3, 0.4) is 0 Å². The highest BCUT2D eigenvalue weighted by molar-refractivity contribution is 5.90. The molecule has 1 aliphatic heterocycles. The van der Waals surface area contributed by atoms with Gasteiger partial charge in [0.1, 0.15) is 0 Å².